The molecule has 4 rings (SSSR count). The summed E-state index contributed by atoms with van der Waals surface area (Å²) in [6.07, 6.45) is 1.33. The standard InChI is InChI=1S/C18H23N5O2.C2HF3O2/c1-21-8-2-4-15(21)16(24)22-10-11-25-14-18(12-22)5-9-23(13-18)17-19-6-3-7-20-17;3-2(4,5)1(6)7/h2-4,6-8H,5,9-14H2,1H3;(H,6,7). The molecule has 0 radical (unpaired) electrons. The first-order valence-electron chi connectivity index (χ1n) is 9.92. The average Bonchev–Trinajstić information content (AvgIpc) is 3.30. The summed E-state index contributed by atoms with van der Waals surface area (Å²) in [6.45, 7) is 4.30. The number of rotatable bonds is 2. The fourth-order valence-corrected chi connectivity index (χ4v) is 3.82. The number of anilines is 1. The van der Waals surface area contributed by atoms with Gasteiger partial charge in [-0.2, -0.15) is 13.2 Å². The quantitative estimate of drug-likeness (QED) is 0.737. The molecule has 0 bridgehead atoms. The zero-order valence-electron chi connectivity index (χ0n) is 17.5. The Kier molecular flexibility index (Phi) is 7.02. The van der Waals surface area contributed by atoms with Crippen molar-refractivity contribution in [1.29, 1.82) is 0 Å². The van der Waals surface area contributed by atoms with Gasteiger partial charge in [0.05, 0.1) is 13.2 Å². The molecule has 1 amide bonds. The van der Waals surface area contributed by atoms with Gasteiger partial charge < -0.3 is 24.2 Å². The highest BCUT2D eigenvalue weighted by Crippen LogP contribution is 2.35. The van der Waals surface area contributed by atoms with E-state index in [1.54, 1.807) is 12.4 Å². The number of hydrogen-bond acceptors (Lipinski definition) is 6. The summed E-state index contributed by atoms with van der Waals surface area (Å²) >= 11 is 0. The van der Waals surface area contributed by atoms with E-state index in [-0.39, 0.29) is 11.3 Å². The van der Waals surface area contributed by atoms with Crippen LogP contribution in [0.1, 0.15) is 16.9 Å². The van der Waals surface area contributed by atoms with Crippen LogP contribution < -0.4 is 4.90 Å². The SMILES string of the molecule is Cn1cccc1C(=O)N1CCOCC2(CCN(c3ncccn3)C2)C1.O=C(O)C(F)(F)F. The Hall–Kier alpha value is -3.15. The normalized spacial score (nSPS) is 21.1. The zero-order chi connectivity index (χ0) is 23.4. The van der Waals surface area contributed by atoms with Crippen molar-refractivity contribution in [2.45, 2.75) is 12.6 Å². The third-order valence-electron chi connectivity index (χ3n) is 5.41. The number of hydrogen-bond donors (Lipinski definition) is 1. The highest BCUT2D eigenvalue weighted by molar-refractivity contribution is 5.92. The van der Waals surface area contributed by atoms with Crippen molar-refractivity contribution < 1.29 is 32.6 Å². The number of carbonyl (C=O) groups excluding carboxylic acids is 1. The molecule has 174 valence electrons. The summed E-state index contributed by atoms with van der Waals surface area (Å²) in [5.74, 6) is -1.93. The van der Waals surface area contributed by atoms with Crippen LogP contribution >= 0.6 is 0 Å². The molecular formula is C20H24F3N5O4. The van der Waals surface area contributed by atoms with Gasteiger partial charge >= 0.3 is 12.1 Å². The highest BCUT2D eigenvalue weighted by Gasteiger charge is 2.43. The minimum absolute atomic E-state index is 0.0590. The molecule has 0 aromatic carbocycles. The number of carboxylic acid groups (broad SMARTS) is 1. The Balaban J connectivity index is 0.000000360. The van der Waals surface area contributed by atoms with Crippen LogP contribution in [0.15, 0.2) is 36.8 Å². The molecule has 2 aromatic rings. The lowest BCUT2D eigenvalue weighted by Crippen LogP contribution is -2.44. The molecule has 4 heterocycles. The first kappa shape index (κ1) is 23.5. The van der Waals surface area contributed by atoms with Crippen LogP contribution in [0.4, 0.5) is 19.1 Å². The van der Waals surface area contributed by atoms with Crippen molar-refractivity contribution in [3.05, 3.63) is 42.5 Å². The number of alkyl halides is 3. The van der Waals surface area contributed by atoms with Gasteiger partial charge in [0.15, 0.2) is 0 Å². The summed E-state index contributed by atoms with van der Waals surface area (Å²) in [7, 11) is 1.90. The summed E-state index contributed by atoms with van der Waals surface area (Å²) < 4.78 is 39.5. The molecule has 0 saturated carbocycles. The minimum atomic E-state index is -5.08. The molecule has 2 saturated heterocycles. The molecule has 2 fully saturated rings. The van der Waals surface area contributed by atoms with Crippen LogP contribution in [0.25, 0.3) is 0 Å². The number of amides is 1. The second kappa shape index (κ2) is 9.55. The number of carboxylic acids is 1. The Labute approximate surface area is 182 Å². The monoisotopic (exact) mass is 455 g/mol. The molecule has 9 nitrogen and oxygen atoms in total. The minimum Gasteiger partial charge on any atom is -0.475 e. The largest absolute Gasteiger partial charge is 0.490 e. The summed E-state index contributed by atoms with van der Waals surface area (Å²) in [6, 6.07) is 5.60. The van der Waals surface area contributed by atoms with Crippen molar-refractivity contribution in [3.63, 3.8) is 0 Å². The second-order valence-corrected chi connectivity index (χ2v) is 7.81. The molecule has 12 heteroatoms. The molecular weight excluding hydrogens is 431 g/mol. The maximum absolute atomic E-state index is 12.9. The summed E-state index contributed by atoms with van der Waals surface area (Å²) in [4.78, 5) is 34.7. The van der Waals surface area contributed by atoms with E-state index in [1.807, 2.05) is 40.9 Å². The molecule has 1 spiro atoms. The van der Waals surface area contributed by atoms with E-state index in [0.717, 1.165) is 31.2 Å². The van der Waals surface area contributed by atoms with Crippen molar-refractivity contribution in [2.75, 3.05) is 44.3 Å². The van der Waals surface area contributed by atoms with E-state index in [0.29, 0.717) is 26.3 Å². The third kappa shape index (κ3) is 5.55. The summed E-state index contributed by atoms with van der Waals surface area (Å²) in [5.41, 5.74) is 0.662. The number of aromatic nitrogens is 3. The van der Waals surface area contributed by atoms with Gasteiger partial charge in [0.25, 0.3) is 5.91 Å². The van der Waals surface area contributed by atoms with E-state index < -0.39 is 12.1 Å². The van der Waals surface area contributed by atoms with Crippen molar-refractivity contribution >= 4 is 17.8 Å². The van der Waals surface area contributed by atoms with E-state index in [4.69, 9.17) is 14.6 Å². The smallest absolute Gasteiger partial charge is 0.475 e. The van der Waals surface area contributed by atoms with Crippen LogP contribution in [0.5, 0.6) is 0 Å². The van der Waals surface area contributed by atoms with E-state index >= 15 is 0 Å². The third-order valence-corrected chi connectivity index (χ3v) is 5.41. The zero-order valence-corrected chi connectivity index (χ0v) is 17.5. The average molecular weight is 455 g/mol. The lowest BCUT2D eigenvalue weighted by Gasteiger charge is -2.31. The topological polar surface area (TPSA) is 101 Å². The predicted molar refractivity (Wildman–Crippen MR) is 107 cm³/mol. The maximum atomic E-state index is 12.9. The van der Waals surface area contributed by atoms with Crippen LogP contribution in [-0.4, -0.2) is 82.0 Å². The van der Waals surface area contributed by atoms with Crippen molar-refractivity contribution in [2.24, 2.45) is 12.5 Å². The molecule has 1 N–H and O–H groups in total. The molecule has 1 atom stereocenters. The molecule has 1 unspecified atom stereocenters. The van der Waals surface area contributed by atoms with Crippen molar-refractivity contribution in [3.8, 4) is 0 Å². The first-order chi connectivity index (χ1) is 15.1. The van der Waals surface area contributed by atoms with E-state index in [2.05, 4.69) is 14.9 Å². The lowest BCUT2D eigenvalue weighted by molar-refractivity contribution is -0.192. The fourth-order valence-electron chi connectivity index (χ4n) is 3.82. The van der Waals surface area contributed by atoms with Gasteiger partial charge in [-0.05, 0) is 24.6 Å². The highest BCUT2D eigenvalue weighted by atomic mass is 19.4. The Morgan fingerprint density at radius 3 is 2.44 bits per heavy atom. The van der Waals surface area contributed by atoms with Crippen LogP contribution in [0, 0.1) is 5.41 Å². The molecule has 0 aliphatic carbocycles. The maximum Gasteiger partial charge on any atom is 0.490 e. The number of carbonyl (C=O) groups is 2. The fraction of sp³-hybridized carbons (Fsp3) is 0.500. The number of halogens is 3. The Morgan fingerprint density at radius 2 is 1.84 bits per heavy atom. The lowest BCUT2D eigenvalue weighted by atomic mass is 9.87. The Bertz CT molecular complexity index is 937. The first-order valence-corrected chi connectivity index (χ1v) is 9.92. The van der Waals surface area contributed by atoms with E-state index in [9.17, 15) is 18.0 Å². The molecule has 2 aliphatic heterocycles. The van der Waals surface area contributed by atoms with Gasteiger partial charge in [-0.1, -0.05) is 0 Å². The molecule has 2 aliphatic rings. The van der Waals surface area contributed by atoms with Gasteiger partial charge in [0, 0.05) is 57.2 Å². The van der Waals surface area contributed by atoms with Gasteiger partial charge in [-0.15, -0.1) is 0 Å². The van der Waals surface area contributed by atoms with Gasteiger partial charge in [0.1, 0.15) is 5.69 Å². The summed E-state index contributed by atoms with van der Waals surface area (Å²) in [5, 5.41) is 7.12. The number of ether oxygens (including phenoxy) is 1. The van der Waals surface area contributed by atoms with Crippen LogP contribution in [0.2, 0.25) is 0 Å². The van der Waals surface area contributed by atoms with Crippen LogP contribution in [0.3, 0.4) is 0 Å². The van der Waals surface area contributed by atoms with Gasteiger partial charge in [-0.3, -0.25) is 4.79 Å². The predicted octanol–water partition coefficient (Wildman–Crippen LogP) is 1.82. The second-order valence-electron chi connectivity index (χ2n) is 7.81. The van der Waals surface area contributed by atoms with Crippen LogP contribution in [-0.2, 0) is 16.6 Å². The Morgan fingerprint density at radius 1 is 1.16 bits per heavy atom. The van der Waals surface area contributed by atoms with Gasteiger partial charge in [0.2, 0.25) is 5.95 Å². The molecule has 32 heavy (non-hydrogen) atoms. The molecule has 2 aromatic heterocycles. The number of aliphatic carboxylic acids is 1. The number of aryl methyl sites for hydroxylation is 1. The number of nitrogens with zero attached hydrogens (tertiary/aromatic N) is 5. The van der Waals surface area contributed by atoms with E-state index in [1.165, 1.54) is 0 Å². The van der Waals surface area contributed by atoms with Gasteiger partial charge in [-0.25, -0.2) is 14.8 Å². The van der Waals surface area contributed by atoms with Crippen molar-refractivity contribution in [1.82, 2.24) is 19.4 Å².